The van der Waals surface area contributed by atoms with Crippen molar-refractivity contribution in [3.8, 4) is 11.3 Å². The number of aryl methyl sites for hydroxylation is 2. The Labute approximate surface area is 201 Å². The molecular weight excluding hydrogens is 420 g/mol. The Hall–Kier alpha value is -3.73. The molecule has 0 spiro atoms. The van der Waals surface area contributed by atoms with E-state index in [2.05, 4.69) is 65.0 Å². The molecule has 172 valence electrons. The highest BCUT2D eigenvalue weighted by Gasteiger charge is 2.26. The van der Waals surface area contributed by atoms with Gasteiger partial charge in [0.25, 0.3) is 5.91 Å². The van der Waals surface area contributed by atoms with Crippen molar-refractivity contribution in [1.29, 1.82) is 0 Å². The molecule has 1 saturated heterocycles. The number of pyridine rings is 1. The Morgan fingerprint density at radius 1 is 1.03 bits per heavy atom. The maximum absolute atomic E-state index is 13.4. The second-order valence-corrected chi connectivity index (χ2v) is 9.21. The molecular formula is C29H30N4O. The van der Waals surface area contributed by atoms with Crippen LogP contribution >= 0.6 is 0 Å². The smallest absolute Gasteiger partial charge is 0.253 e. The Kier molecular flexibility index (Phi) is 6.26. The van der Waals surface area contributed by atoms with Gasteiger partial charge < -0.3 is 9.47 Å². The molecule has 1 aliphatic heterocycles. The van der Waals surface area contributed by atoms with Gasteiger partial charge in [0.2, 0.25) is 0 Å². The molecule has 1 fully saturated rings. The number of amides is 1. The van der Waals surface area contributed by atoms with E-state index in [1.54, 1.807) is 6.20 Å². The lowest BCUT2D eigenvalue weighted by atomic mass is 9.93. The van der Waals surface area contributed by atoms with E-state index in [-0.39, 0.29) is 11.8 Å². The minimum absolute atomic E-state index is 0.101. The second kappa shape index (κ2) is 9.64. The van der Waals surface area contributed by atoms with Gasteiger partial charge in [0.05, 0.1) is 5.69 Å². The van der Waals surface area contributed by atoms with Crippen molar-refractivity contribution in [3.05, 3.63) is 107 Å². The van der Waals surface area contributed by atoms with Gasteiger partial charge in [-0.1, -0.05) is 42.0 Å². The molecule has 0 bridgehead atoms. The summed E-state index contributed by atoms with van der Waals surface area (Å²) in [6.07, 6.45) is 5.81. The third-order valence-electron chi connectivity index (χ3n) is 6.66. The van der Waals surface area contributed by atoms with Crippen LogP contribution < -0.4 is 0 Å². The molecule has 1 unspecified atom stereocenters. The second-order valence-electron chi connectivity index (χ2n) is 9.21. The molecule has 2 aromatic heterocycles. The number of aromatic nitrogens is 3. The average Bonchev–Trinajstić information content (AvgIpc) is 3.28. The van der Waals surface area contributed by atoms with Gasteiger partial charge in [-0.2, -0.15) is 0 Å². The zero-order valence-electron chi connectivity index (χ0n) is 19.8. The fourth-order valence-electron chi connectivity index (χ4n) is 4.80. The van der Waals surface area contributed by atoms with Crippen LogP contribution in [0.2, 0.25) is 0 Å². The van der Waals surface area contributed by atoms with Gasteiger partial charge in [0, 0.05) is 54.8 Å². The van der Waals surface area contributed by atoms with Crippen molar-refractivity contribution in [3.63, 3.8) is 0 Å². The Bertz CT molecular complexity index is 1310. The molecule has 3 heterocycles. The van der Waals surface area contributed by atoms with Crippen molar-refractivity contribution < 1.29 is 4.79 Å². The van der Waals surface area contributed by atoms with Crippen LogP contribution in [0.4, 0.5) is 0 Å². The number of piperidine rings is 1. The van der Waals surface area contributed by atoms with Crippen LogP contribution in [0.3, 0.4) is 0 Å². The molecule has 5 heteroatoms. The minimum Gasteiger partial charge on any atom is -0.338 e. The summed E-state index contributed by atoms with van der Waals surface area (Å²) in [6.45, 7) is 6.30. The first kappa shape index (κ1) is 22.1. The Morgan fingerprint density at radius 2 is 1.88 bits per heavy atom. The van der Waals surface area contributed by atoms with E-state index < -0.39 is 0 Å². The zero-order chi connectivity index (χ0) is 23.5. The van der Waals surface area contributed by atoms with Gasteiger partial charge >= 0.3 is 0 Å². The Morgan fingerprint density at radius 3 is 2.71 bits per heavy atom. The lowest BCUT2D eigenvalue weighted by Gasteiger charge is -2.33. The van der Waals surface area contributed by atoms with Crippen molar-refractivity contribution in [2.75, 3.05) is 13.1 Å². The van der Waals surface area contributed by atoms with Crippen LogP contribution in [-0.4, -0.2) is 38.4 Å². The maximum Gasteiger partial charge on any atom is 0.253 e. The number of nitrogens with zero attached hydrogens (tertiary/aromatic N) is 4. The lowest BCUT2D eigenvalue weighted by molar-refractivity contribution is 0.0706. The average molecular weight is 451 g/mol. The number of hydrogen-bond donors (Lipinski definition) is 0. The predicted molar refractivity (Wildman–Crippen MR) is 135 cm³/mol. The first-order valence-corrected chi connectivity index (χ1v) is 12.0. The van der Waals surface area contributed by atoms with Crippen LogP contribution in [0.15, 0.2) is 79.1 Å². The molecule has 0 saturated carbocycles. The van der Waals surface area contributed by atoms with Crippen LogP contribution in [0, 0.1) is 13.8 Å². The van der Waals surface area contributed by atoms with E-state index in [1.807, 2.05) is 36.2 Å². The molecule has 0 N–H and O–H groups in total. The first-order chi connectivity index (χ1) is 16.6. The highest BCUT2D eigenvalue weighted by molar-refractivity contribution is 5.94. The third kappa shape index (κ3) is 4.79. The normalized spacial score (nSPS) is 15.9. The zero-order valence-corrected chi connectivity index (χ0v) is 19.8. The molecule has 34 heavy (non-hydrogen) atoms. The molecule has 0 aliphatic carbocycles. The summed E-state index contributed by atoms with van der Waals surface area (Å²) in [7, 11) is 0. The number of benzene rings is 2. The third-order valence-corrected chi connectivity index (χ3v) is 6.66. The van der Waals surface area contributed by atoms with Crippen LogP contribution in [0.1, 0.15) is 51.8 Å². The molecule has 0 radical (unpaired) electrons. The Balaban J connectivity index is 1.32. The van der Waals surface area contributed by atoms with E-state index in [0.717, 1.165) is 53.3 Å². The van der Waals surface area contributed by atoms with Crippen molar-refractivity contribution in [2.45, 2.75) is 39.2 Å². The van der Waals surface area contributed by atoms with Crippen LogP contribution in [-0.2, 0) is 6.54 Å². The summed E-state index contributed by atoms with van der Waals surface area (Å²) >= 11 is 0. The number of hydrogen-bond acceptors (Lipinski definition) is 3. The highest BCUT2D eigenvalue weighted by atomic mass is 16.2. The molecule has 1 atom stereocenters. The molecule has 1 amide bonds. The molecule has 4 aromatic rings. The van der Waals surface area contributed by atoms with Gasteiger partial charge in [0.1, 0.15) is 5.82 Å². The summed E-state index contributed by atoms with van der Waals surface area (Å²) in [5.74, 6) is 1.32. The number of carbonyl (C=O) groups excluding carboxylic acids is 1. The van der Waals surface area contributed by atoms with Gasteiger partial charge in [-0.3, -0.25) is 9.78 Å². The van der Waals surface area contributed by atoms with Crippen molar-refractivity contribution >= 4 is 5.91 Å². The monoisotopic (exact) mass is 450 g/mol. The number of likely N-dealkylation sites (tertiary alicyclic amines) is 1. The SMILES string of the molecule is Cc1cccc(-c2cccc(C3CCCN(C(=O)c4cccc(Cn5ccnc5C)c4)C3)n2)c1. The number of imidazole rings is 1. The van der Waals surface area contributed by atoms with Gasteiger partial charge in [-0.15, -0.1) is 0 Å². The molecule has 5 nitrogen and oxygen atoms in total. The standard InChI is InChI=1S/C29H30N4O/c1-21-7-3-9-24(17-21)27-12-5-13-28(31-27)26-11-6-15-33(20-26)29(34)25-10-4-8-23(18-25)19-32-16-14-30-22(32)2/h3-5,7-10,12-14,16-18,26H,6,11,15,19-20H2,1-2H3. The number of rotatable bonds is 5. The summed E-state index contributed by atoms with van der Waals surface area (Å²) in [6, 6.07) is 22.7. The summed E-state index contributed by atoms with van der Waals surface area (Å²) in [5.41, 5.74) is 6.28. The quantitative estimate of drug-likeness (QED) is 0.396. The van der Waals surface area contributed by atoms with Crippen LogP contribution in [0.5, 0.6) is 0 Å². The topological polar surface area (TPSA) is 51.0 Å². The largest absolute Gasteiger partial charge is 0.338 e. The van der Waals surface area contributed by atoms with E-state index in [0.29, 0.717) is 13.1 Å². The van der Waals surface area contributed by atoms with E-state index in [9.17, 15) is 4.79 Å². The maximum atomic E-state index is 13.4. The van der Waals surface area contributed by atoms with Gasteiger partial charge in [-0.25, -0.2) is 4.98 Å². The molecule has 1 aliphatic rings. The lowest BCUT2D eigenvalue weighted by Crippen LogP contribution is -2.39. The van der Waals surface area contributed by atoms with Crippen molar-refractivity contribution in [2.24, 2.45) is 0 Å². The summed E-state index contributed by atoms with van der Waals surface area (Å²) in [5, 5.41) is 0. The summed E-state index contributed by atoms with van der Waals surface area (Å²) < 4.78 is 2.09. The number of carbonyl (C=O) groups is 1. The first-order valence-electron chi connectivity index (χ1n) is 12.0. The highest BCUT2D eigenvalue weighted by Crippen LogP contribution is 2.29. The fourth-order valence-corrected chi connectivity index (χ4v) is 4.80. The minimum atomic E-state index is 0.101. The predicted octanol–water partition coefficient (Wildman–Crippen LogP) is 5.63. The van der Waals surface area contributed by atoms with E-state index >= 15 is 0 Å². The van der Waals surface area contributed by atoms with E-state index in [1.165, 1.54) is 5.56 Å². The van der Waals surface area contributed by atoms with E-state index in [4.69, 9.17) is 4.98 Å². The van der Waals surface area contributed by atoms with Crippen molar-refractivity contribution in [1.82, 2.24) is 19.4 Å². The molecule has 5 rings (SSSR count). The van der Waals surface area contributed by atoms with Gasteiger partial charge in [-0.05, 0) is 62.6 Å². The summed E-state index contributed by atoms with van der Waals surface area (Å²) in [4.78, 5) is 24.7. The molecule has 2 aromatic carbocycles. The fraction of sp³-hybridized carbons (Fsp3) is 0.276. The van der Waals surface area contributed by atoms with Gasteiger partial charge in [0.15, 0.2) is 0 Å². The van der Waals surface area contributed by atoms with Crippen LogP contribution in [0.25, 0.3) is 11.3 Å².